The number of rotatable bonds is 3. The number of methoxy groups -OCH3 is 1. The third-order valence-corrected chi connectivity index (χ3v) is 3.63. The van der Waals surface area contributed by atoms with Crippen LogP contribution in [0.15, 0.2) is 34.8 Å². The number of nitrogen functional groups attached to an aromatic ring is 1. The molecule has 21 heavy (non-hydrogen) atoms. The Bertz CT molecular complexity index is 699. The summed E-state index contributed by atoms with van der Waals surface area (Å²) in [4.78, 5) is 12.4. The average molecular weight is 349 g/mol. The molecule has 0 unspecified atom stereocenters. The molecule has 1 amide bonds. The van der Waals surface area contributed by atoms with E-state index in [4.69, 9.17) is 10.5 Å². The highest BCUT2D eigenvalue weighted by molar-refractivity contribution is 9.10. The zero-order valence-electron chi connectivity index (χ0n) is 12.2. The molecule has 0 bridgehead atoms. The molecule has 0 aromatic heterocycles. The van der Waals surface area contributed by atoms with Gasteiger partial charge < -0.3 is 15.8 Å². The van der Waals surface area contributed by atoms with E-state index in [1.54, 1.807) is 19.2 Å². The molecule has 0 radical (unpaired) electrons. The largest absolute Gasteiger partial charge is 0.495 e. The first-order chi connectivity index (χ1) is 9.92. The summed E-state index contributed by atoms with van der Waals surface area (Å²) < 4.78 is 6.22. The second-order valence-electron chi connectivity index (χ2n) is 4.84. The van der Waals surface area contributed by atoms with Crippen LogP contribution < -0.4 is 15.8 Å². The van der Waals surface area contributed by atoms with Gasteiger partial charge in [0.1, 0.15) is 5.75 Å². The van der Waals surface area contributed by atoms with Crippen LogP contribution in [0.5, 0.6) is 5.75 Å². The van der Waals surface area contributed by atoms with Crippen molar-refractivity contribution in [1.29, 1.82) is 0 Å². The van der Waals surface area contributed by atoms with E-state index < -0.39 is 0 Å². The standard InChI is InChI=1S/C16H17BrN2O2/c1-9-4-5-13(18)12(6-9)16(20)19-15-10(2)7-11(17)8-14(15)21-3/h4-8H,18H2,1-3H3,(H,19,20). The number of benzene rings is 2. The van der Waals surface area contributed by atoms with Crippen LogP contribution in [-0.4, -0.2) is 13.0 Å². The number of halogens is 1. The molecule has 3 N–H and O–H groups in total. The summed E-state index contributed by atoms with van der Waals surface area (Å²) in [6, 6.07) is 9.10. The molecule has 2 aromatic rings. The molecule has 2 aromatic carbocycles. The van der Waals surface area contributed by atoms with Gasteiger partial charge in [-0.3, -0.25) is 4.79 Å². The number of nitrogens with two attached hydrogens (primary N) is 1. The average Bonchev–Trinajstić information content (AvgIpc) is 2.43. The van der Waals surface area contributed by atoms with Crippen molar-refractivity contribution in [3.05, 3.63) is 51.5 Å². The number of carbonyl (C=O) groups is 1. The fourth-order valence-electron chi connectivity index (χ4n) is 2.08. The van der Waals surface area contributed by atoms with Gasteiger partial charge in [-0.1, -0.05) is 27.6 Å². The Balaban J connectivity index is 2.38. The summed E-state index contributed by atoms with van der Waals surface area (Å²) >= 11 is 3.41. The van der Waals surface area contributed by atoms with Crippen molar-refractivity contribution in [3.8, 4) is 5.75 Å². The highest BCUT2D eigenvalue weighted by atomic mass is 79.9. The Labute approximate surface area is 132 Å². The summed E-state index contributed by atoms with van der Waals surface area (Å²) in [6.45, 7) is 3.82. The topological polar surface area (TPSA) is 64.3 Å². The van der Waals surface area contributed by atoms with Crippen molar-refractivity contribution < 1.29 is 9.53 Å². The molecule has 0 atom stereocenters. The van der Waals surface area contributed by atoms with Crippen LogP contribution in [0, 0.1) is 13.8 Å². The monoisotopic (exact) mass is 348 g/mol. The molecular formula is C16H17BrN2O2. The predicted octanol–water partition coefficient (Wildman–Crippen LogP) is 3.91. The minimum absolute atomic E-state index is 0.250. The molecule has 0 heterocycles. The zero-order chi connectivity index (χ0) is 15.6. The van der Waals surface area contributed by atoms with Crippen molar-refractivity contribution >= 4 is 33.2 Å². The zero-order valence-corrected chi connectivity index (χ0v) is 13.7. The normalized spacial score (nSPS) is 10.3. The lowest BCUT2D eigenvalue weighted by Gasteiger charge is -2.14. The van der Waals surface area contributed by atoms with Crippen LogP contribution in [0.4, 0.5) is 11.4 Å². The minimum Gasteiger partial charge on any atom is -0.495 e. The highest BCUT2D eigenvalue weighted by Crippen LogP contribution is 2.32. The second-order valence-corrected chi connectivity index (χ2v) is 5.76. The van der Waals surface area contributed by atoms with Crippen LogP contribution >= 0.6 is 15.9 Å². The maximum Gasteiger partial charge on any atom is 0.257 e. The maximum absolute atomic E-state index is 12.4. The summed E-state index contributed by atoms with van der Waals surface area (Å²) in [5.41, 5.74) is 9.31. The number of amides is 1. The van der Waals surface area contributed by atoms with Crippen molar-refractivity contribution in [3.63, 3.8) is 0 Å². The first-order valence-corrected chi connectivity index (χ1v) is 7.23. The molecule has 0 saturated carbocycles. The quantitative estimate of drug-likeness (QED) is 0.826. The number of ether oxygens (including phenoxy) is 1. The predicted molar refractivity (Wildman–Crippen MR) is 89.0 cm³/mol. The van der Waals surface area contributed by atoms with Gasteiger partial charge in [0.05, 0.1) is 18.4 Å². The summed E-state index contributed by atoms with van der Waals surface area (Å²) in [5, 5.41) is 2.88. The molecule has 0 aliphatic heterocycles. The van der Waals surface area contributed by atoms with E-state index in [1.807, 2.05) is 32.0 Å². The maximum atomic E-state index is 12.4. The van der Waals surface area contributed by atoms with Crippen molar-refractivity contribution in [2.75, 3.05) is 18.2 Å². The Kier molecular flexibility index (Phi) is 4.53. The van der Waals surface area contributed by atoms with E-state index in [0.29, 0.717) is 22.7 Å². The Morgan fingerprint density at radius 1 is 1.24 bits per heavy atom. The van der Waals surface area contributed by atoms with Gasteiger partial charge in [0.15, 0.2) is 0 Å². The SMILES string of the molecule is COc1cc(Br)cc(C)c1NC(=O)c1cc(C)ccc1N. The van der Waals surface area contributed by atoms with Crippen molar-refractivity contribution in [2.45, 2.75) is 13.8 Å². The van der Waals surface area contributed by atoms with Crippen LogP contribution in [0.2, 0.25) is 0 Å². The summed E-state index contributed by atoms with van der Waals surface area (Å²) in [6.07, 6.45) is 0. The number of anilines is 2. The van der Waals surface area contributed by atoms with Crippen LogP contribution in [0.3, 0.4) is 0 Å². The Morgan fingerprint density at radius 2 is 1.95 bits per heavy atom. The molecule has 4 nitrogen and oxygen atoms in total. The first kappa shape index (κ1) is 15.4. The molecular weight excluding hydrogens is 332 g/mol. The van der Waals surface area contributed by atoms with Gasteiger partial charge in [0.25, 0.3) is 5.91 Å². The Morgan fingerprint density at radius 3 is 2.62 bits per heavy atom. The van der Waals surface area contributed by atoms with E-state index in [-0.39, 0.29) is 5.91 Å². The van der Waals surface area contributed by atoms with Gasteiger partial charge in [-0.15, -0.1) is 0 Å². The molecule has 110 valence electrons. The van der Waals surface area contributed by atoms with Gasteiger partial charge in [-0.25, -0.2) is 0 Å². The second kappa shape index (κ2) is 6.18. The van der Waals surface area contributed by atoms with Gasteiger partial charge in [0.2, 0.25) is 0 Å². The van der Waals surface area contributed by atoms with E-state index >= 15 is 0 Å². The minimum atomic E-state index is -0.250. The number of hydrogen-bond acceptors (Lipinski definition) is 3. The molecule has 0 fully saturated rings. The molecule has 0 aliphatic rings. The highest BCUT2D eigenvalue weighted by Gasteiger charge is 2.15. The van der Waals surface area contributed by atoms with Crippen LogP contribution in [0.25, 0.3) is 0 Å². The Hall–Kier alpha value is -2.01. The van der Waals surface area contributed by atoms with Gasteiger partial charge in [-0.2, -0.15) is 0 Å². The van der Waals surface area contributed by atoms with Crippen LogP contribution in [0.1, 0.15) is 21.5 Å². The van der Waals surface area contributed by atoms with Crippen molar-refractivity contribution in [2.24, 2.45) is 0 Å². The lowest BCUT2D eigenvalue weighted by Crippen LogP contribution is -2.15. The van der Waals surface area contributed by atoms with Gasteiger partial charge >= 0.3 is 0 Å². The molecule has 2 rings (SSSR count). The molecule has 0 saturated heterocycles. The number of aryl methyl sites for hydroxylation is 2. The summed E-state index contributed by atoms with van der Waals surface area (Å²) in [7, 11) is 1.57. The summed E-state index contributed by atoms with van der Waals surface area (Å²) in [5.74, 6) is 0.348. The third-order valence-electron chi connectivity index (χ3n) is 3.18. The van der Waals surface area contributed by atoms with E-state index in [0.717, 1.165) is 15.6 Å². The molecule has 0 spiro atoms. The number of carbonyl (C=O) groups excluding carboxylic acids is 1. The lowest BCUT2D eigenvalue weighted by atomic mass is 10.1. The fraction of sp³-hybridized carbons (Fsp3) is 0.188. The fourth-order valence-corrected chi connectivity index (χ4v) is 2.63. The first-order valence-electron chi connectivity index (χ1n) is 6.44. The van der Waals surface area contributed by atoms with E-state index in [1.165, 1.54) is 0 Å². The van der Waals surface area contributed by atoms with E-state index in [9.17, 15) is 4.79 Å². The number of hydrogen-bond donors (Lipinski definition) is 2. The van der Waals surface area contributed by atoms with Gasteiger partial charge in [-0.05, 0) is 43.7 Å². The number of nitrogens with one attached hydrogen (secondary N) is 1. The molecule has 0 aliphatic carbocycles. The van der Waals surface area contributed by atoms with E-state index in [2.05, 4.69) is 21.2 Å². The smallest absolute Gasteiger partial charge is 0.257 e. The van der Waals surface area contributed by atoms with Gasteiger partial charge in [0, 0.05) is 10.2 Å². The lowest BCUT2D eigenvalue weighted by molar-refractivity contribution is 0.102. The van der Waals surface area contributed by atoms with Crippen LogP contribution in [-0.2, 0) is 0 Å². The third kappa shape index (κ3) is 3.36. The van der Waals surface area contributed by atoms with Crippen molar-refractivity contribution in [1.82, 2.24) is 0 Å². The molecule has 5 heteroatoms.